The standard InChI is InChI=1S/C15H17BrClN3O/c1-9(2)13-12(16)14(20-19-13)15(21)18-8-7-10-3-5-11(17)6-4-10/h3-6,9H,7-8H2,1-2H3,(H,18,21)(H,19,20). The number of H-pyrrole nitrogens is 1. The largest absolute Gasteiger partial charge is 0.350 e. The number of aromatic nitrogens is 2. The predicted octanol–water partition coefficient (Wildman–Crippen LogP) is 3.92. The van der Waals surface area contributed by atoms with E-state index in [1.54, 1.807) is 0 Å². The first-order valence-corrected chi connectivity index (χ1v) is 7.92. The van der Waals surface area contributed by atoms with Gasteiger partial charge in [-0.2, -0.15) is 5.10 Å². The Balaban J connectivity index is 1.91. The number of hydrogen-bond acceptors (Lipinski definition) is 2. The van der Waals surface area contributed by atoms with E-state index >= 15 is 0 Å². The number of rotatable bonds is 5. The minimum Gasteiger partial charge on any atom is -0.350 e. The highest BCUT2D eigenvalue weighted by molar-refractivity contribution is 9.10. The molecule has 0 aliphatic carbocycles. The molecule has 0 fully saturated rings. The predicted molar refractivity (Wildman–Crippen MR) is 87.9 cm³/mol. The number of carbonyl (C=O) groups is 1. The highest BCUT2D eigenvalue weighted by Gasteiger charge is 2.18. The van der Waals surface area contributed by atoms with Gasteiger partial charge in [0.2, 0.25) is 0 Å². The summed E-state index contributed by atoms with van der Waals surface area (Å²) >= 11 is 9.26. The monoisotopic (exact) mass is 369 g/mol. The number of halogens is 2. The number of nitrogens with one attached hydrogen (secondary N) is 2. The van der Waals surface area contributed by atoms with Crippen LogP contribution in [0.1, 0.15) is 41.5 Å². The summed E-state index contributed by atoms with van der Waals surface area (Å²) in [5.74, 6) is 0.0986. The molecule has 0 aliphatic heterocycles. The lowest BCUT2D eigenvalue weighted by Crippen LogP contribution is -2.26. The summed E-state index contributed by atoms with van der Waals surface area (Å²) in [6.07, 6.45) is 0.752. The number of amides is 1. The lowest BCUT2D eigenvalue weighted by Gasteiger charge is -2.05. The summed E-state index contributed by atoms with van der Waals surface area (Å²) in [7, 11) is 0. The van der Waals surface area contributed by atoms with Crippen LogP contribution in [0.15, 0.2) is 28.7 Å². The molecule has 1 amide bonds. The zero-order valence-electron chi connectivity index (χ0n) is 11.9. The molecule has 6 heteroatoms. The zero-order valence-corrected chi connectivity index (χ0v) is 14.3. The molecule has 0 unspecified atom stereocenters. The van der Waals surface area contributed by atoms with Gasteiger partial charge < -0.3 is 5.32 Å². The number of nitrogens with zero attached hydrogens (tertiary/aromatic N) is 1. The Morgan fingerprint density at radius 3 is 2.62 bits per heavy atom. The van der Waals surface area contributed by atoms with E-state index in [2.05, 4.69) is 31.4 Å². The van der Waals surface area contributed by atoms with Crippen molar-refractivity contribution in [3.05, 3.63) is 50.7 Å². The molecule has 1 aromatic heterocycles. The fourth-order valence-corrected chi connectivity index (χ4v) is 2.87. The van der Waals surface area contributed by atoms with Gasteiger partial charge in [0.1, 0.15) is 0 Å². The summed E-state index contributed by atoms with van der Waals surface area (Å²) in [6.45, 7) is 4.64. The first kappa shape index (κ1) is 16.0. The van der Waals surface area contributed by atoms with Crippen molar-refractivity contribution < 1.29 is 4.79 Å². The zero-order chi connectivity index (χ0) is 15.4. The van der Waals surface area contributed by atoms with Gasteiger partial charge in [-0.3, -0.25) is 9.89 Å². The third-order valence-electron chi connectivity index (χ3n) is 3.14. The Morgan fingerprint density at radius 2 is 2.05 bits per heavy atom. The van der Waals surface area contributed by atoms with Crippen molar-refractivity contribution in [3.63, 3.8) is 0 Å². The molecule has 1 aromatic carbocycles. The Kier molecular flexibility index (Phi) is 5.42. The molecule has 4 nitrogen and oxygen atoms in total. The molecule has 112 valence electrons. The minimum absolute atomic E-state index is 0.181. The molecule has 0 saturated carbocycles. The second-order valence-electron chi connectivity index (χ2n) is 5.09. The Hall–Kier alpha value is -1.33. The van der Waals surface area contributed by atoms with E-state index < -0.39 is 0 Å². The number of aromatic amines is 1. The van der Waals surface area contributed by atoms with E-state index in [0.717, 1.165) is 22.2 Å². The van der Waals surface area contributed by atoms with Crippen LogP contribution in [-0.2, 0) is 6.42 Å². The van der Waals surface area contributed by atoms with Crippen molar-refractivity contribution in [2.45, 2.75) is 26.2 Å². The third kappa shape index (κ3) is 4.08. The van der Waals surface area contributed by atoms with Crippen LogP contribution >= 0.6 is 27.5 Å². The molecule has 0 bridgehead atoms. The average molecular weight is 371 g/mol. The van der Waals surface area contributed by atoms with Crippen LogP contribution in [0.25, 0.3) is 0 Å². The molecule has 2 aromatic rings. The topological polar surface area (TPSA) is 57.8 Å². The van der Waals surface area contributed by atoms with Gasteiger partial charge in [0.05, 0.1) is 10.2 Å². The van der Waals surface area contributed by atoms with Gasteiger partial charge in [0.25, 0.3) is 5.91 Å². The van der Waals surface area contributed by atoms with Crippen LogP contribution in [0, 0.1) is 0 Å². The molecule has 1 heterocycles. The van der Waals surface area contributed by atoms with E-state index in [1.165, 1.54) is 0 Å². The second-order valence-corrected chi connectivity index (χ2v) is 6.32. The lowest BCUT2D eigenvalue weighted by atomic mass is 10.1. The van der Waals surface area contributed by atoms with Crippen molar-refractivity contribution in [3.8, 4) is 0 Å². The van der Waals surface area contributed by atoms with Crippen molar-refractivity contribution in [2.24, 2.45) is 0 Å². The van der Waals surface area contributed by atoms with Crippen LogP contribution in [-0.4, -0.2) is 22.6 Å². The van der Waals surface area contributed by atoms with E-state index in [-0.39, 0.29) is 11.8 Å². The molecule has 0 saturated heterocycles. The Bertz CT molecular complexity index is 622. The molecule has 2 rings (SSSR count). The molecule has 21 heavy (non-hydrogen) atoms. The molecule has 0 spiro atoms. The summed E-state index contributed by atoms with van der Waals surface area (Å²) in [5.41, 5.74) is 2.45. The fraction of sp³-hybridized carbons (Fsp3) is 0.333. The van der Waals surface area contributed by atoms with Gasteiger partial charge in [0, 0.05) is 11.6 Å². The van der Waals surface area contributed by atoms with E-state index in [4.69, 9.17) is 11.6 Å². The average Bonchev–Trinajstić information content (AvgIpc) is 2.83. The maximum Gasteiger partial charge on any atom is 0.272 e. The molecule has 2 N–H and O–H groups in total. The molecule has 0 atom stereocenters. The molecule has 0 aliphatic rings. The molecular weight excluding hydrogens is 354 g/mol. The highest BCUT2D eigenvalue weighted by Crippen LogP contribution is 2.25. The van der Waals surface area contributed by atoms with Crippen molar-refractivity contribution in [1.82, 2.24) is 15.5 Å². The maximum absolute atomic E-state index is 12.1. The Labute approximate surface area is 137 Å². The van der Waals surface area contributed by atoms with Crippen LogP contribution in [0.2, 0.25) is 5.02 Å². The number of benzene rings is 1. The second kappa shape index (κ2) is 7.09. The highest BCUT2D eigenvalue weighted by atomic mass is 79.9. The lowest BCUT2D eigenvalue weighted by molar-refractivity contribution is 0.0948. The number of hydrogen-bond donors (Lipinski definition) is 2. The third-order valence-corrected chi connectivity index (χ3v) is 4.19. The first-order valence-electron chi connectivity index (χ1n) is 6.75. The minimum atomic E-state index is -0.181. The van der Waals surface area contributed by atoms with E-state index in [9.17, 15) is 4.79 Å². The van der Waals surface area contributed by atoms with Gasteiger partial charge in [-0.25, -0.2) is 0 Å². The maximum atomic E-state index is 12.1. The summed E-state index contributed by atoms with van der Waals surface area (Å²) in [4.78, 5) is 12.1. The van der Waals surface area contributed by atoms with Gasteiger partial charge in [-0.15, -0.1) is 0 Å². The van der Waals surface area contributed by atoms with Crippen LogP contribution in [0.3, 0.4) is 0 Å². The Morgan fingerprint density at radius 1 is 1.38 bits per heavy atom. The van der Waals surface area contributed by atoms with Crippen molar-refractivity contribution >= 4 is 33.4 Å². The van der Waals surface area contributed by atoms with Gasteiger partial charge in [0.15, 0.2) is 5.69 Å². The van der Waals surface area contributed by atoms with Gasteiger partial charge in [-0.05, 0) is 46.0 Å². The van der Waals surface area contributed by atoms with E-state index in [0.29, 0.717) is 17.3 Å². The fourth-order valence-electron chi connectivity index (χ4n) is 1.93. The first-order chi connectivity index (χ1) is 9.99. The van der Waals surface area contributed by atoms with E-state index in [1.807, 2.05) is 38.1 Å². The quantitative estimate of drug-likeness (QED) is 0.838. The summed E-state index contributed by atoms with van der Waals surface area (Å²) in [6, 6.07) is 7.60. The summed E-state index contributed by atoms with van der Waals surface area (Å²) in [5, 5.41) is 10.6. The molecule has 0 radical (unpaired) electrons. The molecular formula is C15H17BrClN3O. The van der Waals surface area contributed by atoms with Crippen molar-refractivity contribution in [2.75, 3.05) is 6.54 Å². The SMILES string of the molecule is CC(C)c1[nH]nc(C(=O)NCCc2ccc(Cl)cc2)c1Br. The smallest absolute Gasteiger partial charge is 0.272 e. The summed E-state index contributed by atoms with van der Waals surface area (Å²) < 4.78 is 0.737. The van der Waals surface area contributed by atoms with Crippen molar-refractivity contribution in [1.29, 1.82) is 0 Å². The van der Waals surface area contributed by atoms with Gasteiger partial charge >= 0.3 is 0 Å². The van der Waals surface area contributed by atoms with Crippen LogP contribution in [0.5, 0.6) is 0 Å². The normalized spacial score (nSPS) is 10.9. The number of carbonyl (C=O) groups excluding carboxylic acids is 1. The van der Waals surface area contributed by atoms with Gasteiger partial charge in [-0.1, -0.05) is 37.6 Å². The van der Waals surface area contributed by atoms with Crippen LogP contribution in [0.4, 0.5) is 0 Å². The van der Waals surface area contributed by atoms with Crippen LogP contribution < -0.4 is 5.32 Å².